The molecule has 1 aromatic carbocycles. The Kier molecular flexibility index (Phi) is 5.48. The van der Waals surface area contributed by atoms with E-state index in [1.807, 2.05) is 20.8 Å². The summed E-state index contributed by atoms with van der Waals surface area (Å²) < 4.78 is 7.04. The lowest BCUT2D eigenvalue weighted by atomic mass is 10.2. The minimum atomic E-state index is -0.0282. The molecule has 0 aliphatic heterocycles. The van der Waals surface area contributed by atoms with Crippen LogP contribution in [-0.2, 0) is 0 Å². The van der Waals surface area contributed by atoms with E-state index in [1.54, 1.807) is 18.2 Å². The molecule has 0 unspecified atom stereocenters. The van der Waals surface area contributed by atoms with Gasteiger partial charge in [0.15, 0.2) is 0 Å². The summed E-state index contributed by atoms with van der Waals surface area (Å²) in [5, 5.41) is 5.29. The fraction of sp³-hybridized carbons (Fsp3) is 0.375. The highest BCUT2D eigenvalue weighted by atomic mass is 35.5. The van der Waals surface area contributed by atoms with Crippen molar-refractivity contribution in [2.24, 2.45) is 0 Å². The van der Waals surface area contributed by atoms with E-state index in [-0.39, 0.29) is 5.91 Å². The molecule has 0 aliphatic rings. The highest BCUT2D eigenvalue weighted by Gasteiger charge is 2.13. The molecular formula is C16H18Cl2N2O2. The Morgan fingerprint density at radius 2 is 2.00 bits per heavy atom. The average Bonchev–Trinajstić information content (AvgIpc) is 2.73. The number of carbonyl (C=O) groups excluding carboxylic acids is 1. The number of halogens is 2. The van der Waals surface area contributed by atoms with Crippen LogP contribution in [0.15, 0.2) is 18.2 Å². The van der Waals surface area contributed by atoms with Gasteiger partial charge in [0.25, 0.3) is 0 Å². The van der Waals surface area contributed by atoms with E-state index in [2.05, 4.69) is 5.10 Å². The summed E-state index contributed by atoms with van der Waals surface area (Å²) in [4.78, 5) is 12.2. The van der Waals surface area contributed by atoms with Gasteiger partial charge in [-0.1, -0.05) is 23.2 Å². The van der Waals surface area contributed by atoms with E-state index >= 15 is 0 Å². The van der Waals surface area contributed by atoms with Crippen molar-refractivity contribution in [3.8, 4) is 5.75 Å². The molecule has 2 aromatic rings. The zero-order valence-corrected chi connectivity index (χ0v) is 14.3. The Balaban J connectivity index is 1.86. The Hall–Kier alpha value is -1.52. The average molecular weight is 341 g/mol. The second-order valence-electron chi connectivity index (χ2n) is 5.13. The fourth-order valence-corrected chi connectivity index (χ4v) is 2.53. The summed E-state index contributed by atoms with van der Waals surface area (Å²) in [5.41, 5.74) is 2.83. The van der Waals surface area contributed by atoms with Gasteiger partial charge in [0, 0.05) is 17.1 Å². The number of aromatic nitrogens is 2. The van der Waals surface area contributed by atoms with E-state index in [9.17, 15) is 4.79 Å². The van der Waals surface area contributed by atoms with Gasteiger partial charge in [-0.25, -0.2) is 4.68 Å². The summed E-state index contributed by atoms with van der Waals surface area (Å²) in [6.07, 6.45) is 0.960. The molecule has 0 aliphatic carbocycles. The van der Waals surface area contributed by atoms with Crippen molar-refractivity contribution < 1.29 is 9.53 Å². The maximum Gasteiger partial charge on any atom is 0.247 e. The molecular weight excluding hydrogens is 323 g/mol. The summed E-state index contributed by atoms with van der Waals surface area (Å²) in [6, 6.07) is 5.06. The monoisotopic (exact) mass is 340 g/mol. The van der Waals surface area contributed by atoms with E-state index in [1.165, 1.54) is 4.68 Å². The predicted octanol–water partition coefficient (Wildman–Crippen LogP) is 4.61. The molecule has 1 aromatic heterocycles. The van der Waals surface area contributed by atoms with E-state index in [0.29, 0.717) is 35.2 Å². The Bertz CT molecular complexity index is 696. The first-order valence-electron chi connectivity index (χ1n) is 7.04. The first-order valence-corrected chi connectivity index (χ1v) is 7.79. The molecule has 4 nitrogen and oxygen atoms in total. The number of rotatable bonds is 5. The molecule has 0 radical (unpaired) electrons. The predicted molar refractivity (Wildman–Crippen MR) is 88.3 cm³/mol. The highest BCUT2D eigenvalue weighted by molar-refractivity contribution is 6.35. The molecule has 0 fully saturated rings. The Labute approximate surface area is 140 Å². The van der Waals surface area contributed by atoms with Gasteiger partial charge in [-0.2, -0.15) is 5.10 Å². The molecule has 0 saturated carbocycles. The maximum absolute atomic E-state index is 12.2. The number of aryl methyl sites for hydroxylation is 1. The van der Waals surface area contributed by atoms with Crippen LogP contribution in [0.3, 0.4) is 0 Å². The molecule has 0 bridgehead atoms. The Morgan fingerprint density at radius 1 is 1.27 bits per heavy atom. The number of nitrogens with zero attached hydrogens (tertiary/aromatic N) is 2. The van der Waals surface area contributed by atoms with Crippen molar-refractivity contribution in [1.29, 1.82) is 0 Å². The van der Waals surface area contributed by atoms with Gasteiger partial charge in [-0.05, 0) is 51.0 Å². The van der Waals surface area contributed by atoms with Crippen LogP contribution in [0.25, 0.3) is 0 Å². The van der Waals surface area contributed by atoms with Crippen molar-refractivity contribution in [3.05, 3.63) is 45.2 Å². The first-order chi connectivity index (χ1) is 10.4. The van der Waals surface area contributed by atoms with Gasteiger partial charge in [0.1, 0.15) is 5.75 Å². The maximum atomic E-state index is 12.2. The lowest BCUT2D eigenvalue weighted by molar-refractivity contribution is 0.0874. The normalized spacial score (nSPS) is 10.8. The van der Waals surface area contributed by atoms with Crippen molar-refractivity contribution >= 4 is 29.1 Å². The molecule has 6 heteroatoms. The number of hydrogen-bond acceptors (Lipinski definition) is 3. The first kappa shape index (κ1) is 16.8. The number of benzene rings is 1. The van der Waals surface area contributed by atoms with Crippen LogP contribution in [0.1, 0.15) is 34.6 Å². The van der Waals surface area contributed by atoms with Gasteiger partial charge < -0.3 is 4.74 Å². The quantitative estimate of drug-likeness (QED) is 0.746. The van der Waals surface area contributed by atoms with Gasteiger partial charge >= 0.3 is 0 Å². The van der Waals surface area contributed by atoms with Gasteiger partial charge in [-0.3, -0.25) is 4.79 Å². The van der Waals surface area contributed by atoms with Crippen LogP contribution in [0, 0.1) is 20.8 Å². The van der Waals surface area contributed by atoms with Crippen molar-refractivity contribution in [2.45, 2.75) is 33.6 Å². The molecule has 118 valence electrons. The smallest absolute Gasteiger partial charge is 0.247 e. The number of hydrogen-bond donors (Lipinski definition) is 0. The minimum absolute atomic E-state index is 0.0282. The topological polar surface area (TPSA) is 44.1 Å². The van der Waals surface area contributed by atoms with Crippen molar-refractivity contribution in [1.82, 2.24) is 9.78 Å². The second-order valence-corrected chi connectivity index (χ2v) is 5.97. The summed E-state index contributed by atoms with van der Waals surface area (Å²) >= 11 is 11.8. The lowest BCUT2D eigenvalue weighted by Gasteiger charge is -2.08. The van der Waals surface area contributed by atoms with Crippen LogP contribution in [-0.4, -0.2) is 22.3 Å². The summed E-state index contributed by atoms with van der Waals surface area (Å²) in [5.74, 6) is 0.542. The molecule has 2 rings (SSSR count). The molecule has 22 heavy (non-hydrogen) atoms. The molecule has 0 spiro atoms. The summed E-state index contributed by atoms with van der Waals surface area (Å²) in [7, 11) is 0. The van der Waals surface area contributed by atoms with E-state index in [4.69, 9.17) is 27.9 Å². The second kappa shape index (κ2) is 7.16. The number of ether oxygens (including phenoxy) is 1. The third-order valence-corrected chi connectivity index (χ3v) is 4.11. The van der Waals surface area contributed by atoms with Crippen LogP contribution in [0.2, 0.25) is 10.0 Å². The Morgan fingerprint density at radius 3 is 2.59 bits per heavy atom. The molecule has 0 atom stereocenters. The number of carbonyl (C=O) groups is 1. The zero-order valence-electron chi connectivity index (χ0n) is 12.8. The zero-order chi connectivity index (χ0) is 16.3. The van der Waals surface area contributed by atoms with Gasteiger partial charge in [-0.15, -0.1) is 0 Å². The lowest BCUT2D eigenvalue weighted by Crippen LogP contribution is -2.15. The van der Waals surface area contributed by atoms with Crippen LogP contribution in [0.4, 0.5) is 0 Å². The highest BCUT2D eigenvalue weighted by Crippen LogP contribution is 2.27. The third-order valence-electron chi connectivity index (χ3n) is 3.58. The van der Waals surface area contributed by atoms with Crippen molar-refractivity contribution in [2.75, 3.05) is 6.61 Å². The van der Waals surface area contributed by atoms with E-state index in [0.717, 1.165) is 17.0 Å². The molecule has 0 amide bonds. The fourth-order valence-electron chi connectivity index (χ4n) is 2.07. The summed E-state index contributed by atoms with van der Waals surface area (Å²) in [6.45, 7) is 6.17. The van der Waals surface area contributed by atoms with Gasteiger partial charge in [0.2, 0.25) is 5.91 Å². The van der Waals surface area contributed by atoms with Gasteiger partial charge in [0.05, 0.1) is 17.3 Å². The largest absolute Gasteiger partial charge is 0.492 e. The SMILES string of the molecule is Cc1nn(C(=O)CCCOc2ccc(Cl)cc2Cl)c(C)c1C. The molecule has 1 heterocycles. The third kappa shape index (κ3) is 3.81. The van der Waals surface area contributed by atoms with Crippen molar-refractivity contribution in [3.63, 3.8) is 0 Å². The molecule has 0 N–H and O–H groups in total. The van der Waals surface area contributed by atoms with Crippen LogP contribution < -0.4 is 4.74 Å². The minimum Gasteiger partial charge on any atom is -0.492 e. The molecule has 0 saturated heterocycles. The van der Waals surface area contributed by atoms with E-state index < -0.39 is 0 Å². The van der Waals surface area contributed by atoms with Crippen LogP contribution in [0.5, 0.6) is 5.75 Å². The standard InChI is InChI=1S/C16H18Cl2N2O2/c1-10-11(2)19-20(12(10)3)16(21)5-4-8-22-15-7-6-13(17)9-14(15)18/h6-7,9H,4-5,8H2,1-3H3. The van der Waals surface area contributed by atoms with Crippen LogP contribution >= 0.6 is 23.2 Å².